The van der Waals surface area contributed by atoms with E-state index in [-0.39, 0.29) is 19.8 Å². The minimum absolute atomic E-state index is 0.0334. The van der Waals surface area contributed by atoms with Crippen LogP contribution in [0.2, 0.25) is 0 Å². The standard InChI is InChI=1S/C18H26O11/c1-10(20)25-9-14-15(26-11(2)21)16(27-12(3)22)17(28-13(4)23)18(29-14)24-8-6-5-7-19/h5-6,14-19H,7-9H2,1-4H3/b6-5-/t14-,15-,16+,17-,18+/m1/s1. The van der Waals surface area contributed by atoms with Crippen molar-refractivity contribution >= 4 is 23.9 Å². The minimum Gasteiger partial charge on any atom is -0.463 e. The third-order valence-electron chi connectivity index (χ3n) is 3.58. The second kappa shape index (κ2) is 12.1. The summed E-state index contributed by atoms with van der Waals surface area (Å²) in [7, 11) is 0. The summed E-state index contributed by atoms with van der Waals surface area (Å²) in [5, 5.41) is 8.80. The SMILES string of the molecule is CC(=O)OC[C@H]1O[C@H](OC/C=C\CO)[C@H](OC(C)=O)[C@@H](OC(C)=O)[C@@H]1OC(C)=O. The fraction of sp³-hybridized carbons (Fsp3) is 0.667. The molecule has 5 atom stereocenters. The van der Waals surface area contributed by atoms with Gasteiger partial charge in [-0.1, -0.05) is 12.2 Å². The summed E-state index contributed by atoms with van der Waals surface area (Å²) in [5.74, 6) is -2.76. The first-order valence-electron chi connectivity index (χ1n) is 8.83. The van der Waals surface area contributed by atoms with E-state index < -0.39 is 54.6 Å². The van der Waals surface area contributed by atoms with Crippen LogP contribution in [0, 0.1) is 0 Å². The number of carbonyl (C=O) groups is 4. The first kappa shape index (κ1) is 24.5. The number of esters is 4. The molecule has 0 aliphatic carbocycles. The molecule has 29 heavy (non-hydrogen) atoms. The molecule has 0 bridgehead atoms. The molecule has 1 fully saturated rings. The lowest BCUT2D eigenvalue weighted by molar-refractivity contribution is -0.306. The Balaban J connectivity index is 3.22. The first-order chi connectivity index (χ1) is 13.6. The second-order valence-electron chi connectivity index (χ2n) is 6.05. The molecule has 1 aliphatic rings. The molecule has 0 spiro atoms. The number of hydrogen-bond acceptors (Lipinski definition) is 11. The van der Waals surface area contributed by atoms with Gasteiger partial charge in [0.2, 0.25) is 0 Å². The number of aliphatic hydroxyl groups is 1. The molecule has 0 unspecified atom stereocenters. The molecule has 1 rings (SSSR count). The Morgan fingerprint density at radius 3 is 1.90 bits per heavy atom. The van der Waals surface area contributed by atoms with E-state index in [0.717, 1.165) is 20.8 Å². The van der Waals surface area contributed by atoms with E-state index in [9.17, 15) is 19.2 Å². The quantitative estimate of drug-likeness (QED) is 0.297. The second-order valence-corrected chi connectivity index (χ2v) is 6.05. The fourth-order valence-corrected chi connectivity index (χ4v) is 2.62. The predicted octanol–water partition coefficient (Wildman–Crippen LogP) is -0.365. The lowest BCUT2D eigenvalue weighted by Crippen LogP contribution is -2.62. The van der Waals surface area contributed by atoms with Crippen molar-refractivity contribution in [2.45, 2.75) is 58.4 Å². The molecular weight excluding hydrogens is 392 g/mol. The zero-order chi connectivity index (χ0) is 22.0. The Kier molecular flexibility index (Phi) is 10.3. The van der Waals surface area contributed by atoms with E-state index in [4.69, 9.17) is 33.5 Å². The fourth-order valence-electron chi connectivity index (χ4n) is 2.62. The van der Waals surface area contributed by atoms with Crippen molar-refractivity contribution in [2.75, 3.05) is 19.8 Å². The molecule has 0 aromatic heterocycles. The van der Waals surface area contributed by atoms with Crippen LogP contribution in [-0.2, 0) is 47.6 Å². The summed E-state index contributed by atoms with van der Waals surface area (Å²) in [6, 6.07) is 0. The van der Waals surface area contributed by atoms with Gasteiger partial charge in [-0.3, -0.25) is 19.2 Å². The van der Waals surface area contributed by atoms with Gasteiger partial charge in [0.05, 0.1) is 13.2 Å². The highest BCUT2D eigenvalue weighted by atomic mass is 16.7. The van der Waals surface area contributed by atoms with E-state index in [1.165, 1.54) is 19.1 Å². The molecule has 0 radical (unpaired) electrons. The highest BCUT2D eigenvalue weighted by Crippen LogP contribution is 2.29. The summed E-state index contributed by atoms with van der Waals surface area (Å²) in [5.41, 5.74) is 0. The van der Waals surface area contributed by atoms with Gasteiger partial charge < -0.3 is 33.5 Å². The summed E-state index contributed by atoms with van der Waals surface area (Å²) in [6.45, 7) is 4.02. The molecule has 0 amide bonds. The van der Waals surface area contributed by atoms with Crippen LogP contribution in [0.4, 0.5) is 0 Å². The van der Waals surface area contributed by atoms with Crippen molar-refractivity contribution in [1.82, 2.24) is 0 Å². The van der Waals surface area contributed by atoms with E-state index in [2.05, 4.69) is 0 Å². The summed E-state index contributed by atoms with van der Waals surface area (Å²) >= 11 is 0. The van der Waals surface area contributed by atoms with Gasteiger partial charge in [-0.15, -0.1) is 0 Å². The average molecular weight is 418 g/mol. The summed E-state index contributed by atoms with van der Waals surface area (Å²) < 4.78 is 31.9. The normalized spacial score (nSPS) is 26.6. The highest BCUT2D eigenvalue weighted by molar-refractivity contribution is 5.68. The summed E-state index contributed by atoms with van der Waals surface area (Å²) in [4.78, 5) is 46.0. The smallest absolute Gasteiger partial charge is 0.303 e. The molecule has 1 saturated heterocycles. The molecule has 0 saturated carbocycles. The molecule has 11 heteroatoms. The third-order valence-corrected chi connectivity index (χ3v) is 3.58. The van der Waals surface area contributed by atoms with Crippen LogP contribution < -0.4 is 0 Å². The Labute approximate surface area is 167 Å². The van der Waals surface area contributed by atoms with Crippen LogP contribution in [0.25, 0.3) is 0 Å². The van der Waals surface area contributed by atoms with Gasteiger partial charge in [0, 0.05) is 27.7 Å². The number of ether oxygens (including phenoxy) is 6. The van der Waals surface area contributed by atoms with Crippen molar-refractivity contribution in [1.29, 1.82) is 0 Å². The predicted molar refractivity (Wildman–Crippen MR) is 94.1 cm³/mol. The zero-order valence-corrected chi connectivity index (χ0v) is 16.7. The van der Waals surface area contributed by atoms with Crippen molar-refractivity contribution in [3.8, 4) is 0 Å². The van der Waals surface area contributed by atoms with Crippen molar-refractivity contribution in [3.63, 3.8) is 0 Å². The lowest BCUT2D eigenvalue weighted by atomic mass is 9.98. The molecular formula is C18H26O11. The van der Waals surface area contributed by atoms with Crippen molar-refractivity contribution < 1.29 is 52.7 Å². The Bertz CT molecular complexity index is 615. The maximum Gasteiger partial charge on any atom is 0.303 e. The van der Waals surface area contributed by atoms with Gasteiger partial charge >= 0.3 is 23.9 Å². The van der Waals surface area contributed by atoms with Gasteiger partial charge in [-0.25, -0.2) is 0 Å². The van der Waals surface area contributed by atoms with Crippen LogP contribution in [0.3, 0.4) is 0 Å². The number of carbonyl (C=O) groups excluding carboxylic acids is 4. The molecule has 0 aromatic carbocycles. The maximum absolute atomic E-state index is 11.6. The van der Waals surface area contributed by atoms with Gasteiger partial charge in [-0.2, -0.15) is 0 Å². The van der Waals surface area contributed by atoms with Gasteiger partial charge in [0.1, 0.15) is 12.7 Å². The first-order valence-corrected chi connectivity index (χ1v) is 8.83. The largest absolute Gasteiger partial charge is 0.463 e. The number of rotatable bonds is 9. The van der Waals surface area contributed by atoms with E-state index in [1.807, 2.05) is 0 Å². The van der Waals surface area contributed by atoms with E-state index in [1.54, 1.807) is 0 Å². The topological polar surface area (TPSA) is 144 Å². The van der Waals surface area contributed by atoms with Crippen LogP contribution in [0.15, 0.2) is 12.2 Å². The minimum atomic E-state index is -1.28. The average Bonchev–Trinajstić information content (AvgIpc) is 2.60. The number of aliphatic hydroxyl groups excluding tert-OH is 1. The molecule has 164 valence electrons. The Morgan fingerprint density at radius 1 is 0.828 bits per heavy atom. The summed E-state index contributed by atoms with van der Waals surface area (Å²) in [6.07, 6.45) is -3.16. The molecule has 1 heterocycles. The van der Waals surface area contributed by atoms with Gasteiger partial charge in [0.15, 0.2) is 24.6 Å². The molecule has 1 aliphatic heterocycles. The monoisotopic (exact) mass is 418 g/mol. The zero-order valence-electron chi connectivity index (χ0n) is 16.7. The Morgan fingerprint density at radius 2 is 1.38 bits per heavy atom. The highest BCUT2D eigenvalue weighted by Gasteiger charge is 2.52. The van der Waals surface area contributed by atoms with E-state index >= 15 is 0 Å². The van der Waals surface area contributed by atoms with Crippen molar-refractivity contribution in [2.24, 2.45) is 0 Å². The number of hydrogen-bond donors (Lipinski definition) is 1. The van der Waals surface area contributed by atoms with Crippen LogP contribution in [0.1, 0.15) is 27.7 Å². The maximum atomic E-state index is 11.6. The van der Waals surface area contributed by atoms with Crippen LogP contribution in [0.5, 0.6) is 0 Å². The molecule has 1 N–H and O–H groups in total. The lowest BCUT2D eigenvalue weighted by Gasteiger charge is -2.43. The van der Waals surface area contributed by atoms with E-state index in [0.29, 0.717) is 0 Å². The van der Waals surface area contributed by atoms with Crippen molar-refractivity contribution in [3.05, 3.63) is 12.2 Å². The molecule has 11 nitrogen and oxygen atoms in total. The van der Waals surface area contributed by atoms with Crippen LogP contribution in [-0.4, -0.2) is 79.5 Å². The Hall–Kier alpha value is -2.50. The van der Waals surface area contributed by atoms with Gasteiger partial charge in [-0.05, 0) is 0 Å². The molecule has 0 aromatic rings. The van der Waals surface area contributed by atoms with Gasteiger partial charge in [0.25, 0.3) is 0 Å². The van der Waals surface area contributed by atoms with Crippen LogP contribution >= 0.6 is 0 Å². The third kappa shape index (κ3) is 8.59.